The highest BCUT2D eigenvalue weighted by atomic mass is 35.5. The maximum absolute atomic E-state index is 12.9. The topological polar surface area (TPSA) is 15.3 Å². The van der Waals surface area contributed by atoms with Gasteiger partial charge in [0.15, 0.2) is 0 Å². The van der Waals surface area contributed by atoms with Gasteiger partial charge in [-0.25, -0.2) is 0 Å². The van der Waals surface area contributed by atoms with Crippen molar-refractivity contribution in [3.8, 4) is 0 Å². The number of rotatable bonds is 3. The summed E-state index contributed by atoms with van der Waals surface area (Å²) in [6.45, 7) is 6.95. The van der Waals surface area contributed by atoms with E-state index in [1.165, 1.54) is 6.07 Å². The molecule has 0 radical (unpaired) electrons. The SMILES string of the molecule is C=C[C@@H](c1ccc(Cl)c(C(F)(F)F)c1)N1CCNCC1.Cl. The Morgan fingerprint density at radius 3 is 2.43 bits per heavy atom. The normalized spacial score (nSPS) is 17.9. The van der Waals surface area contributed by atoms with Crippen LogP contribution >= 0.6 is 24.0 Å². The highest BCUT2D eigenvalue weighted by Gasteiger charge is 2.34. The molecule has 2 rings (SSSR count). The first kappa shape index (κ1) is 18.3. The zero-order chi connectivity index (χ0) is 14.8. The average Bonchev–Trinajstić information content (AvgIpc) is 2.41. The van der Waals surface area contributed by atoms with E-state index in [9.17, 15) is 13.2 Å². The van der Waals surface area contributed by atoms with Crippen LogP contribution in [-0.2, 0) is 6.18 Å². The van der Waals surface area contributed by atoms with E-state index in [0.29, 0.717) is 5.56 Å². The highest BCUT2D eigenvalue weighted by Crippen LogP contribution is 2.37. The number of alkyl halides is 3. The van der Waals surface area contributed by atoms with Crippen molar-refractivity contribution in [1.29, 1.82) is 0 Å². The molecule has 2 nitrogen and oxygen atoms in total. The third-order valence-corrected chi connectivity index (χ3v) is 3.74. The molecule has 1 aliphatic heterocycles. The van der Waals surface area contributed by atoms with Crippen LogP contribution in [0.5, 0.6) is 0 Å². The second-order valence-electron chi connectivity index (χ2n) is 4.70. The molecule has 0 bridgehead atoms. The number of benzene rings is 1. The number of nitrogens with one attached hydrogen (secondary N) is 1. The van der Waals surface area contributed by atoms with Gasteiger partial charge in [-0.05, 0) is 17.7 Å². The van der Waals surface area contributed by atoms with Gasteiger partial charge in [0.05, 0.1) is 16.6 Å². The molecule has 0 saturated carbocycles. The van der Waals surface area contributed by atoms with Gasteiger partial charge in [0.2, 0.25) is 0 Å². The fraction of sp³-hybridized carbons (Fsp3) is 0.429. The zero-order valence-electron chi connectivity index (χ0n) is 11.3. The standard InChI is InChI=1S/C14H16ClF3N2.ClH/c1-2-13(20-7-5-19-6-8-20)10-3-4-12(15)11(9-10)14(16,17)18;/h2-4,9,13,19H,1,5-8H2;1H/t13-;/m0./s1. The van der Waals surface area contributed by atoms with Crippen LogP contribution in [0.3, 0.4) is 0 Å². The van der Waals surface area contributed by atoms with Crippen molar-refractivity contribution in [3.05, 3.63) is 47.0 Å². The van der Waals surface area contributed by atoms with Crippen LogP contribution in [0, 0.1) is 0 Å². The number of nitrogens with zero attached hydrogens (tertiary/aromatic N) is 1. The van der Waals surface area contributed by atoms with Crippen LogP contribution in [0.25, 0.3) is 0 Å². The summed E-state index contributed by atoms with van der Waals surface area (Å²) in [6.07, 6.45) is -2.77. The molecule has 1 fully saturated rings. The first-order valence-electron chi connectivity index (χ1n) is 6.37. The first-order valence-corrected chi connectivity index (χ1v) is 6.75. The number of piperazine rings is 1. The summed E-state index contributed by atoms with van der Waals surface area (Å²) >= 11 is 5.65. The second-order valence-corrected chi connectivity index (χ2v) is 5.11. The summed E-state index contributed by atoms with van der Waals surface area (Å²) in [6, 6.07) is 3.83. The van der Waals surface area contributed by atoms with Crippen molar-refractivity contribution in [2.24, 2.45) is 0 Å². The Balaban J connectivity index is 0.00000220. The van der Waals surface area contributed by atoms with E-state index >= 15 is 0 Å². The van der Waals surface area contributed by atoms with Gasteiger partial charge in [0.25, 0.3) is 0 Å². The molecule has 118 valence electrons. The van der Waals surface area contributed by atoms with E-state index in [2.05, 4.69) is 16.8 Å². The van der Waals surface area contributed by atoms with Gasteiger partial charge < -0.3 is 5.32 Å². The fourth-order valence-corrected chi connectivity index (χ4v) is 2.63. The van der Waals surface area contributed by atoms with Crippen molar-refractivity contribution in [2.75, 3.05) is 26.2 Å². The monoisotopic (exact) mass is 340 g/mol. The molecule has 1 heterocycles. The number of hydrogen-bond donors (Lipinski definition) is 1. The molecule has 0 spiro atoms. The third-order valence-electron chi connectivity index (χ3n) is 3.41. The lowest BCUT2D eigenvalue weighted by Crippen LogP contribution is -2.44. The average molecular weight is 341 g/mol. The van der Waals surface area contributed by atoms with Crippen molar-refractivity contribution in [3.63, 3.8) is 0 Å². The summed E-state index contributed by atoms with van der Waals surface area (Å²) in [5, 5.41) is 2.94. The molecule has 0 amide bonds. The smallest absolute Gasteiger partial charge is 0.314 e. The Morgan fingerprint density at radius 2 is 1.90 bits per heavy atom. The van der Waals surface area contributed by atoms with Gasteiger partial charge in [-0.3, -0.25) is 4.90 Å². The molecule has 0 aliphatic carbocycles. The van der Waals surface area contributed by atoms with Gasteiger partial charge in [-0.15, -0.1) is 19.0 Å². The zero-order valence-corrected chi connectivity index (χ0v) is 12.9. The third kappa shape index (κ3) is 4.36. The summed E-state index contributed by atoms with van der Waals surface area (Å²) in [7, 11) is 0. The Hall–Kier alpha value is -0.750. The summed E-state index contributed by atoms with van der Waals surface area (Å²) in [5.74, 6) is 0. The molecule has 1 aliphatic rings. The molecule has 1 aromatic rings. The molecule has 1 aromatic carbocycles. The molecule has 1 atom stereocenters. The van der Waals surface area contributed by atoms with Crippen molar-refractivity contribution in [1.82, 2.24) is 10.2 Å². The van der Waals surface area contributed by atoms with Crippen LogP contribution in [0.2, 0.25) is 5.02 Å². The van der Waals surface area contributed by atoms with Crippen LogP contribution < -0.4 is 5.32 Å². The van der Waals surface area contributed by atoms with E-state index in [-0.39, 0.29) is 23.5 Å². The Morgan fingerprint density at radius 1 is 1.29 bits per heavy atom. The minimum atomic E-state index is -4.44. The molecule has 0 aromatic heterocycles. The van der Waals surface area contributed by atoms with E-state index in [4.69, 9.17) is 11.6 Å². The van der Waals surface area contributed by atoms with Gasteiger partial charge in [0, 0.05) is 26.2 Å². The highest BCUT2D eigenvalue weighted by molar-refractivity contribution is 6.31. The minimum Gasteiger partial charge on any atom is -0.314 e. The Labute approximate surface area is 133 Å². The molecule has 0 unspecified atom stereocenters. The van der Waals surface area contributed by atoms with Crippen molar-refractivity contribution < 1.29 is 13.2 Å². The molecule has 1 N–H and O–H groups in total. The predicted molar refractivity (Wildman–Crippen MR) is 81.1 cm³/mol. The molecule has 21 heavy (non-hydrogen) atoms. The van der Waals surface area contributed by atoms with Crippen LogP contribution in [0.4, 0.5) is 13.2 Å². The lowest BCUT2D eigenvalue weighted by molar-refractivity contribution is -0.137. The van der Waals surface area contributed by atoms with Gasteiger partial charge in [0.1, 0.15) is 0 Å². The maximum atomic E-state index is 12.9. The Bertz CT molecular complexity index is 486. The molecular weight excluding hydrogens is 324 g/mol. The first-order chi connectivity index (χ1) is 9.43. The van der Waals surface area contributed by atoms with Crippen molar-refractivity contribution >= 4 is 24.0 Å². The number of halogens is 5. The van der Waals surface area contributed by atoms with Crippen LogP contribution in [0.1, 0.15) is 17.2 Å². The lowest BCUT2D eigenvalue weighted by atomic mass is 10.0. The lowest BCUT2D eigenvalue weighted by Gasteiger charge is -2.33. The second kappa shape index (κ2) is 7.49. The summed E-state index contributed by atoms with van der Waals surface area (Å²) < 4.78 is 38.7. The largest absolute Gasteiger partial charge is 0.417 e. The molecule has 1 saturated heterocycles. The minimum absolute atomic E-state index is 0. The van der Waals surface area contributed by atoms with Crippen LogP contribution in [-0.4, -0.2) is 31.1 Å². The molecule has 7 heteroatoms. The van der Waals surface area contributed by atoms with Crippen molar-refractivity contribution in [2.45, 2.75) is 12.2 Å². The quantitative estimate of drug-likeness (QED) is 0.839. The Kier molecular flexibility index (Phi) is 6.53. The fourth-order valence-electron chi connectivity index (χ4n) is 2.40. The van der Waals surface area contributed by atoms with E-state index in [0.717, 1.165) is 32.2 Å². The molecular formula is C14H17Cl2F3N2. The predicted octanol–water partition coefficient (Wildman–Crippen LogP) is 3.91. The van der Waals surface area contributed by atoms with Gasteiger partial charge >= 0.3 is 6.18 Å². The van der Waals surface area contributed by atoms with Gasteiger partial charge in [-0.2, -0.15) is 13.2 Å². The van der Waals surface area contributed by atoms with Gasteiger partial charge in [-0.1, -0.05) is 23.7 Å². The number of hydrogen-bond acceptors (Lipinski definition) is 2. The maximum Gasteiger partial charge on any atom is 0.417 e. The van der Waals surface area contributed by atoms with E-state index in [1.54, 1.807) is 12.1 Å². The van der Waals surface area contributed by atoms with Crippen LogP contribution in [0.15, 0.2) is 30.9 Å². The van der Waals surface area contributed by atoms with E-state index in [1.807, 2.05) is 0 Å². The van der Waals surface area contributed by atoms with E-state index < -0.39 is 11.7 Å². The summed E-state index contributed by atoms with van der Waals surface area (Å²) in [4.78, 5) is 2.10. The summed E-state index contributed by atoms with van der Waals surface area (Å²) in [5.41, 5.74) is -0.225.